The van der Waals surface area contributed by atoms with E-state index < -0.39 is 0 Å². The van der Waals surface area contributed by atoms with Crippen molar-refractivity contribution in [2.75, 3.05) is 12.4 Å². The second-order valence-corrected chi connectivity index (χ2v) is 6.98. The molecule has 2 aromatic heterocycles. The number of nitrogens with one attached hydrogen (secondary N) is 3. The fraction of sp³-hybridized carbons (Fsp3) is 0.292. The third-order valence-electron chi connectivity index (χ3n) is 5.17. The number of fused-ring (bicyclic) bond motifs is 1. The van der Waals surface area contributed by atoms with Crippen LogP contribution in [-0.2, 0) is 0 Å². The lowest BCUT2D eigenvalue weighted by Crippen LogP contribution is -2.14. The molecule has 31 heavy (non-hydrogen) atoms. The molecule has 0 saturated carbocycles. The van der Waals surface area contributed by atoms with Crippen LogP contribution in [0.25, 0.3) is 22.6 Å². The van der Waals surface area contributed by atoms with E-state index in [4.69, 9.17) is 4.74 Å². The van der Waals surface area contributed by atoms with Crippen LogP contribution in [0, 0.1) is 0 Å². The lowest BCUT2D eigenvalue weighted by Gasteiger charge is -2.14. The van der Waals surface area contributed by atoms with Gasteiger partial charge in [0.25, 0.3) is 5.91 Å². The zero-order valence-electron chi connectivity index (χ0n) is 18.6. The summed E-state index contributed by atoms with van der Waals surface area (Å²) in [6.07, 6.45) is 2.59. The molecule has 0 aliphatic carbocycles. The number of rotatable bonds is 6. The van der Waals surface area contributed by atoms with Gasteiger partial charge in [0.05, 0.1) is 35.6 Å². The van der Waals surface area contributed by atoms with E-state index in [2.05, 4.69) is 39.3 Å². The van der Waals surface area contributed by atoms with Gasteiger partial charge < -0.3 is 15.0 Å². The van der Waals surface area contributed by atoms with Gasteiger partial charge in [-0.1, -0.05) is 45.9 Å². The van der Waals surface area contributed by atoms with Crippen LogP contribution in [0.1, 0.15) is 56.0 Å². The first-order valence-electron chi connectivity index (χ1n) is 10.6. The summed E-state index contributed by atoms with van der Waals surface area (Å²) in [6.45, 7) is 8.29. The fourth-order valence-electron chi connectivity index (χ4n) is 3.26. The monoisotopic (exact) mass is 419 g/mol. The Hall–Kier alpha value is -3.61. The van der Waals surface area contributed by atoms with Crippen LogP contribution in [0.15, 0.2) is 48.7 Å². The highest BCUT2D eigenvalue weighted by molar-refractivity contribution is 6.07. The number of aromatic amines is 2. The van der Waals surface area contributed by atoms with Gasteiger partial charge in [0.15, 0.2) is 5.82 Å². The molecule has 7 nitrogen and oxygen atoms in total. The molecule has 0 bridgehead atoms. The standard InChI is InChI=1S/C22H23N5O2.C2H6/c1-4-13(2)14-9-10-15(19(11-14)29-3)22(28)26-18-12-23-27-20(18)21-24-16-7-5-6-8-17(16)25-21;1-2/h5-13H,4H2,1-3H3,(H,23,27)(H,24,25)(H,26,28);1-2H3. The van der Waals surface area contributed by atoms with Crippen molar-refractivity contribution in [1.82, 2.24) is 20.2 Å². The number of amides is 1. The van der Waals surface area contributed by atoms with Gasteiger partial charge in [0, 0.05) is 0 Å². The topological polar surface area (TPSA) is 95.7 Å². The van der Waals surface area contributed by atoms with Gasteiger partial charge in [-0.05, 0) is 42.2 Å². The average Bonchev–Trinajstić information content (AvgIpc) is 3.45. The van der Waals surface area contributed by atoms with Gasteiger partial charge >= 0.3 is 0 Å². The Morgan fingerprint density at radius 2 is 1.97 bits per heavy atom. The molecule has 0 radical (unpaired) electrons. The largest absolute Gasteiger partial charge is 0.496 e. The van der Waals surface area contributed by atoms with E-state index in [-0.39, 0.29) is 5.91 Å². The van der Waals surface area contributed by atoms with Crippen LogP contribution in [-0.4, -0.2) is 33.2 Å². The molecule has 2 aromatic carbocycles. The molecule has 1 amide bonds. The van der Waals surface area contributed by atoms with Crippen LogP contribution >= 0.6 is 0 Å². The molecule has 4 rings (SSSR count). The summed E-state index contributed by atoms with van der Waals surface area (Å²) in [4.78, 5) is 20.7. The second-order valence-electron chi connectivity index (χ2n) is 6.98. The average molecular weight is 420 g/mol. The third-order valence-corrected chi connectivity index (χ3v) is 5.17. The van der Waals surface area contributed by atoms with Crippen molar-refractivity contribution < 1.29 is 9.53 Å². The van der Waals surface area contributed by atoms with Gasteiger partial charge in [-0.2, -0.15) is 5.10 Å². The van der Waals surface area contributed by atoms with E-state index in [1.165, 1.54) is 0 Å². The summed E-state index contributed by atoms with van der Waals surface area (Å²) in [6, 6.07) is 13.4. The van der Waals surface area contributed by atoms with Gasteiger partial charge in [0.2, 0.25) is 0 Å². The van der Waals surface area contributed by atoms with Crippen LogP contribution in [0.3, 0.4) is 0 Å². The molecular formula is C24H29N5O2. The summed E-state index contributed by atoms with van der Waals surface area (Å²) >= 11 is 0. The highest BCUT2D eigenvalue weighted by Gasteiger charge is 2.18. The van der Waals surface area contributed by atoms with Crippen molar-refractivity contribution in [3.8, 4) is 17.3 Å². The number of ether oxygens (including phenoxy) is 1. The molecule has 1 atom stereocenters. The van der Waals surface area contributed by atoms with Crippen LogP contribution < -0.4 is 10.1 Å². The van der Waals surface area contributed by atoms with Gasteiger partial charge in [-0.25, -0.2) is 4.98 Å². The Bertz CT molecular complexity index is 1130. The first-order valence-corrected chi connectivity index (χ1v) is 10.6. The van der Waals surface area contributed by atoms with E-state index in [9.17, 15) is 4.79 Å². The molecule has 7 heteroatoms. The summed E-state index contributed by atoms with van der Waals surface area (Å²) in [7, 11) is 1.57. The van der Waals surface area contributed by atoms with Gasteiger partial charge in [-0.15, -0.1) is 0 Å². The number of nitrogens with zero attached hydrogens (tertiary/aromatic N) is 2. The van der Waals surface area contributed by atoms with Crippen LogP contribution in [0.5, 0.6) is 5.75 Å². The lowest BCUT2D eigenvalue weighted by atomic mass is 9.97. The molecule has 4 aromatic rings. The fourth-order valence-corrected chi connectivity index (χ4v) is 3.26. The van der Waals surface area contributed by atoms with Crippen molar-refractivity contribution >= 4 is 22.6 Å². The number of hydrogen-bond donors (Lipinski definition) is 3. The lowest BCUT2D eigenvalue weighted by molar-refractivity contribution is 0.102. The molecule has 2 heterocycles. The number of carbonyl (C=O) groups is 1. The molecule has 0 fully saturated rings. The number of aromatic nitrogens is 4. The second kappa shape index (κ2) is 9.93. The van der Waals surface area contributed by atoms with Crippen molar-refractivity contribution in [3.05, 3.63) is 59.8 Å². The molecule has 0 spiro atoms. The van der Waals surface area contributed by atoms with E-state index in [0.717, 1.165) is 23.0 Å². The Labute approximate surface area is 182 Å². The zero-order chi connectivity index (χ0) is 22.4. The molecule has 162 valence electrons. The van der Waals surface area contributed by atoms with Crippen LogP contribution in [0.2, 0.25) is 0 Å². The summed E-state index contributed by atoms with van der Waals surface area (Å²) in [5.74, 6) is 1.29. The molecular weight excluding hydrogens is 390 g/mol. The first kappa shape index (κ1) is 22.1. The summed E-state index contributed by atoms with van der Waals surface area (Å²) < 4.78 is 5.47. The van der Waals surface area contributed by atoms with Gasteiger partial charge in [-0.3, -0.25) is 9.89 Å². The van der Waals surface area contributed by atoms with Crippen LogP contribution in [0.4, 0.5) is 5.69 Å². The maximum Gasteiger partial charge on any atom is 0.259 e. The Morgan fingerprint density at radius 1 is 1.19 bits per heavy atom. The molecule has 1 unspecified atom stereocenters. The van der Waals surface area contributed by atoms with Crippen molar-refractivity contribution in [1.29, 1.82) is 0 Å². The zero-order valence-corrected chi connectivity index (χ0v) is 18.6. The van der Waals surface area contributed by atoms with E-state index in [0.29, 0.717) is 34.4 Å². The number of benzene rings is 2. The third kappa shape index (κ3) is 4.60. The first-order chi connectivity index (χ1) is 15.1. The predicted octanol–water partition coefficient (Wildman–Crippen LogP) is 5.75. The highest BCUT2D eigenvalue weighted by atomic mass is 16.5. The number of imidazole rings is 1. The predicted molar refractivity (Wildman–Crippen MR) is 125 cm³/mol. The molecule has 0 saturated heterocycles. The number of methoxy groups -OCH3 is 1. The van der Waals surface area contributed by atoms with E-state index in [1.54, 1.807) is 19.4 Å². The number of H-pyrrole nitrogens is 2. The van der Waals surface area contributed by atoms with Crippen molar-refractivity contribution in [3.63, 3.8) is 0 Å². The Balaban J connectivity index is 0.00000132. The van der Waals surface area contributed by atoms with E-state index in [1.807, 2.05) is 50.2 Å². The maximum atomic E-state index is 12.9. The highest BCUT2D eigenvalue weighted by Crippen LogP contribution is 2.29. The van der Waals surface area contributed by atoms with E-state index >= 15 is 0 Å². The number of anilines is 1. The minimum Gasteiger partial charge on any atom is -0.496 e. The van der Waals surface area contributed by atoms with Gasteiger partial charge in [0.1, 0.15) is 11.4 Å². The molecule has 0 aliphatic rings. The van der Waals surface area contributed by atoms with Crippen molar-refractivity contribution in [2.24, 2.45) is 0 Å². The smallest absolute Gasteiger partial charge is 0.259 e. The number of hydrogen-bond acceptors (Lipinski definition) is 4. The number of carbonyl (C=O) groups excluding carboxylic acids is 1. The number of para-hydroxylation sites is 2. The SMILES string of the molecule is CC.CCC(C)c1ccc(C(=O)Nc2cn[nH]c2-c2nc3ccccc3[nH]2)c(OC)c1. The summed E-state index contributed by atoms with van der Waals surface area (Å²) in [5.41, 5.74) is 4.53. The molecule has 0 aliphatic heterocycles. The molecule has 3 N–H and O–H groups in total. The quantitative estimate of drug-likeness (QED) is 0.370. The normalized spacial score (nSPS) is 11.5. The van der Waals surface area contributed by atoms with Crippen molar-refractivity contribution in [2.45, 2.75) is 40.0 Å². The maximum absolute atomic E-state index is 12.9. The summed E-state index contributed by atoms with van der Waals surface area (Å²) in [5, 5.41) is 9.90. The minimum absolute atomic E-state index is 0.267. The minimum atomic E-state index is -0.267. The Kier molecular flexibility index (Phi) is 7.07. The Morgan fingerprint density at radius 3 is 2.68 bits per heavy atom.